The topological polar surface area (TPSA) is 61.4 Å². The number of carbonyl (C=O) groups is 1. The third-order valence-corrected chi connectivity index (χ3v) is 2.93. The third-order valence-electron chi connectivity index (χ3n) is 2.93. The van der Waals surface area contributed by atoms with Crippen molar-refractivity contribution in [3.8, 4) is 0 Å². The van der Waals surface area contributed by atoms with Crippen molar-refractivity contribution in [3.05, 3.63) is 0 Å². The maximum atomic E-state index is 11.8. The average molecular weight is 214 g/mol. The monoisotopic (exact) mass is 214 g/mol. The number of hydrogen-bond acceptors (Lipinski definition) is 3. The molecule has 15 heavy (non-hydrogen) atoms. The van der Waals surface area contributed by atoms with Gasteiger partial charge in [0.15, 0.2) is 0 Å². The summed E-state index contributed by atoms with van der Waals surface area (Å²) in [5, 5.41) is 14.9. The van der Waals surface area contributed by atoms with Gasteiger partial charge in [0, 0.05) is 12.6 Å². The number of carbonyl (C=O) groups excluding carboxylic acids is 1. The van der Waals surface area contributed by atoms with Gasteiger partial charge < -0.3 is 15.7 Å². The molecule has 4 heteroatoms. The van der Waals surface area contributed by atoms with Crippen molar-refractivity contribution in [1.29, 1.82) is 0 Å². The second kappa shape index (κ2) is 6.08. The van der Waals surface area contributed by atoms with Gasteiger partial charge in [-0.15, -0.1) is 0 Å². The molecule has 1 aliphatic heterocycles. The fraction of sp³-hybridized carbons (Fsp3) is 0.909. The van der Waals surface area contributed by atoms with E-state index in [1.54, 1.807) is 0 Å². The number of hydrogen-bond donors (Lipinski definition) is 3. The Hall–Kier alpha value is -0.610. The fourth-order valence-electron chi connectivity index (χ4n) is 1.92. The van der Waals surface area contributed by atoms with Crippen molar-refractivity contribution in [2.24, 2.45) is 5.92 Å². The highest BCUT2D eigenvalue weighted by Gasteiger charge is 2.24. The summed E-state index contributed by atoms with van der Waals surface area (Å²) in [5.74, 6) is 0.692. The Kier molecular flexibility index (Phi) is 5.05. The van der Waals surface area contributed by atoms with Gasteiger partial charge in [0.2, 0.25) is 5.91 Å². The minimum atomic E-state index is -0.0464. The average Bonchev–Trinajstić information content (AvgIpc) is 2.18. The van der Waals surface area contributed by atoms with Gasteiger partial charge in [-0.1, -0.05) is 6.92 Å². The summed E-state index contributed by atoms with van der Waals surface area (Å²) < 4.78 is 0. The van der Waals surface area contributed by atoms with Crippen LogP contribution in [0.15, 0.2) is 0 Å². The van der Waals surface area contributed by atoms with Crippen LogP contribution in [0.2, 0.25) is 0 Å². The molecule has 1 heterocycles. The zero-order valence-corrected chi connectivity index (χ0v) is 9.62. The molecule has 0 radical (unpaired) electrons. The normalized spacial score (nSPS) is 28.5. The van der Waals surface area contributed by atoms with E-state index in [0.29, 0.717) is 12.3 Å². The van der Waals surface area contributed by atoms with Crippen LogP contribution < -0.4 is 10.6 Å². The lowest BCUT2D eigenvalue weighted by Gasteiger charge is -2.28. The van der Waals surface area contributed by atoms with Crippen molar-refractivity contribution in [2.75, 3.05) is 13.2 Å². The summed E-state index contributed by atoms with van der Waals surface area (Å²) in [5.41, 5.74) is 0. The van der Waals surface area contributed by atoms with E-state index in [0.717, 1.165) is 19.4 Å². The van der Waals surface area contributed by atoms with E-state index < -0.39 is 0 Å². The van der Waals surface area contributed by atoms with Crippen LogP contribution in [-0.4, -0.2) is 36.2 Å². The lowest BCUT2D eigenvalue weighted by molar-refractivity contribution is -0.124. The largest absolute Gasteiger partial charge is 0.396 e. The van der Waals surface area contributed by atoms with Crippen molar-refractivity contribution in [3.63, 3.8) is 0 Å². The molecule has 3 unspecified atom stereocenters. The highest BCUT2D eigenvalue weighted by molar-refractivity contribution is 5.82. The molecule has 1 aliphatic rings. The fourth-order valence-corrected chi connectivity index (χ4v) is 1.92. The number of amides is 1. The van der Waals surface area contributed by atoms with Gasteiger partial charge in [0.05, 0.1) is 6.04 Å². The van der Waals surface area contributed by atoms with Crippen molar-refractivity contribution >= 4 is 5.91 Å². The van der Waals surface area contributed by atoms with Crippen LogP contribution in [0.1, 0.15) is 33.1 Å². The zero-order valence-electron chi connectivity index (χ0n) is 9.62. The number of rotatable bonds is 4. The molecule has 0 bridgehead atoms. The quantitative estimate of drug-likeness (QED) is 0.629. The number of aliphatic hydroxyl groups excluding tert-OH is 1. The highest BCUT2D eigenvalue weighted by atomic mass is 16.3. The molecule has 0 saturated carbocycles. The van der Waals surface area contributed by atoms with E-state index >= 15 is 0 Å². The van der Waals surface area contributed by atoms with Crippen LogP contribution in [0.4, 0.5) is 0 Å². The Morgan fingerprint density at radius 1 is 1.67 bits per heavy atom. The molecule has 1 fully saturated rings. The van der Waals surface area contributed by atoms with E-state index in [-0.39, 0.29) is 24.6 Å². The predicted molar refractivity (Wildman–Crippen MR) is 59.5 cm³/mol. The molecule has 4 nitrogen and oxygen atoms in total. The van der Waals surface area contributed by atoms with E-state index in [4.69, 9.17) is 5.11 Å². The number of aliphatic hydroxyl groups is 1. The molecule has 0 spiro atoms. The van der Waals surface area contributed by atoms with Gasteiger partial charge in [0.25, 0.3) is 0 Å². The second-order valence-corrected chi connectivity index (χ2v) is 4.56. The van der Waals surface area contributed by atoms with Crippen LogP contribution >= 0.6 is 0 Å². The third kappa shape index (κ3) is 4.18. The maximum absolute atomic E-state index is 11.8. The Bertz CT molecular complexity index is 209. The second-order valence-electron chi connectivity index (χ2n) is 4.56. The summed E-state index contributed by atoms with van der Waals surface area (Å²) in [4.78, 5) is 11.8. The highest BCUT2D eigenvalue weighted by Crippen LogP contribution is 2.15. The Labute approximate surface area is 91.4 Å². The SMILES string of the molecule is CC1CCNC(C(=O)NC(C)CCO)C1. The van der Waals surface area contributed by atoms with Gasteiger partial charge >= 0.3 is 0 Å². The molecule has 1 saturated heterocycles. The molecule has 1 amide bonds. The minimum Gasteiger partial charge on any atom is -0.396 e. The smallest absolute Gasteiger partial charge is 0.237 e. The Morgan fingerprint density at radius 2 is 2.40 bits per heavy atom. The number of nitrogens with one attached hydrogen (secondary N) is 2. The van der Waals surface area contributed by atoms with E-state index in [1.165, 1.54) is 0 Å². The van der Waals surface area contributed by atoms with Gasteiger partial charge in [-0.25, -0.2) is 0 Å². The molecule has 1 rings (SSSR count). The lowest BCUT2D eigenvalue weighted by atomic mass is 9.94. The summed E-state index contributed by atoms with van der Waals surface area (Å²) in [6.45, 7) is 5.14. The van der Waals surface area contributed by atoms with Crippen LogP contribution in [0.5, 0.6) is 0 Å². The van der Waals surface area contributed by atoms with Gasteiger partial charge in [0.1, 0.15) is 0 Å². The predicted octanol–water partition coefficient (Wildman–Crippen LogP) is 0.262. The molecular formula is C11H22N2O2. The first-order valence-corrected chi connectivity index (χ1v) is 5.78. The first-order valence-electron chi connectivity index (χ1n) is 5.78. The Balaban J connectivity index is 2.32. The first kappa shape index (κ1) is 12.5. The van der Waals surface area contributed by atoms with Crippen LogP contribution in [0.25, 0.3) is 0 Å². The molecule has 3 atom stereocenters. The molecule has 0 aromatic carbocycles. The van der Waals surface area contributed by atoms with Gasteiger partial charge in [-0.05, 0) is 38.6 Å². The van der Waals surface area contributed by atoms with Gasteiger partial charge in [-0.3, -0.25) is 4.79 Å². The van der Waals surface area contributed by atoms with Gasteiger partial charge in [-0.2, -0.15) is 0 Å². The van der Waals surface area contributed by atoms with E-state index in [1.807, 2.05) is 6.92 Å². The van der Waals surface area contributed by atoms with Crippen molar-refractivity contribution in [1.82, 2.24) is 10.6 Å². The summed E-state index contributed by atoms with van der Waals surface area (Å²) >= 11 is 0. The Morgan fingerprint density at radius 3 is 3.00 bits per heavy atom. The standard InChI is InChI=1S/C11H22N2O2/c1-8-3-5-12-10(7-8)11(15)13-9(2)4-6-14/h8-10,12,14H,3-7H2,1-2H3,(H,13,15). The molecule has 0 aromatic rings. The maximum Gasteiger partial charge on any atom is 0.237 e. The van der Waals surface area contributed by atoms with Crippen LogP contribution in [0, 0.1) is 5.92 Å². The molecular weight excluding hydrogens is 192 g/mol. The molecule has 88 valence electrons. The van der Waals surface area contributed by atoms with E-state index in [2.05, 4.69) is 17.6 Å². The zero-order chi connectivity index (χ0) is 11.3. The lowest BCUT2D eigenvalue weighted by Crippen LogP contribution is -2.50. The first-order chi connectivity index (χ1) is 7.13. The number of piperidine rings is 1. The summed E-state index contributed by atoms with van der Waals surface area (Å²) in [7, 11) is 0. The van der Waals surface area contributed by atoms with Crippen LogP contribution in [0.3, 0.4) is 0 Å². The minimum absolute atomic E-state index is 0.0464. The van der Waals surface area contributed by atoms with Crippen molar-refractivity contribution < 1.29 is 9.90 Å². The van der Waals surface area contributed by atoms with Crippen molar-refractivity contribution in [2.45, 2.75) is 45.2 Å². The summed E-state index contributed by atoms with van der Waals surface area (Å²) in [6, 6.07) is 0.0106. The molecule has 0 aliphatic carbocycles. The summed E-state index contributed by atoms with van der Waals surface area (Å²) in [6.07, 6.45) is 2.68. The molecule has 3 N–H and O–H groups in total. The van der Waals surface area contributed by atoms with Crippen LogP contribution in [-0.2, 0) is 4.79 Å². The molecule has 0 aromatic heterocycles. The van der Waals surface area contributed by atoms with E-state index in [9.17, 15) is 4.79 Å².